The molecule has 2 bridgehead atoms. The number of aromatic nitrogens is 1. The molecule has 2 atom stereocenters. The fourth-order valence-corrected chi connectivity index (χ4v) is 5.02. The summed E-state index contributed by atoms with van der Waals surface area (Å²) in [5.74, 6) is 0.846. The molecule has 5 heteroatoms. The zero-order valence-electron chi connectivity index (χ0n) is 16.3. The summed E-state index contributed by atoms with van der Waals surface area (Å²) in [7, 11) is 0. The zero-order chi connectivity index (χ0) is 19.4. The van der Waals surface area contributed by atoms with Crippen molar-refractivity contribution in [1.82, 2.24) is 9.47 Å². The van der Waals surface area contributed by atoms with Crippen LogP contribution < -0.4 is 11.2 Å². The molecule has 2 aliphatic rings. The number of nitrogens with zero attached hydrogens (tertiary/aromatic N) is 2. The number of rotatable bonds is 2. The Kier molecular flexibility index (Phi) is 4.02. The van der Waals surface area contributed by atoms with Gasteiger partial charge in [0.25, 0.3) is 5.56 Å². The fraction of sp³-hybridized carbons (Fsp3) is 0.391. The maximum Gasteiger partial charge on any atom is 0.336 e. The van der Waals surface area contributed by atoms with Gasteiger partial charge in [-0.2, -0.15) is 0 Å². The molecule has 1 fully saturated rings. The molecular weight excluding hydrogens is 352 g/mol. The number of pyridine rings is 1. The quantitative estimate of drug-likeness (QED) is 0.645. The van der Waals surface area contributed by atoms with E-state index in [0.717, 1.165) is 60.4 Å². The largest absolute Gasteiger partial charge is 0.422 e. The molecule has 4 heterocycles. The second-order valence-corrected chi connectivity index (χ2v) is 8.37. The van der Waals surface area contributed by atoms with Crippen molar-refractivity contribution in [3.8, 4) is 0 Å². The molecule has 0 unspecified atom stereocenters. The van der Waals surface area contributed by atoms with E-state index < -0.39 is 0 Å². The van der Waals surface area contributed by atoms with Gasteiger partial charge in [-0.05, 0) is 48.9 Å². The molecule has 2 aromatic heterocycles. The van der Waals surface area contributed by atoms with Gasteiger partial charge < -0.3 is 8.98 Å². The molecule has 0 aliphatic carbocycles. The molecule has 0 amide bonds. The van der Waals surface area contributed by atoms with Gasteiger partial charge in [-0.15, -0.1) is 0 Å². The monoisotopic (exact) mass is 376 g/mol. The third-order valence-electron chi connectivity index (χ3n) is 6.47. The summed E-state index contributed by atoms with van der Waals surface area (Å²) in [6.45, 7) is 7.42. The van der Waals surface area contributed by atoms with Crippen molar-refractivity contribution in [3.63, 3.8) is 0 Å². The normalized spacial score (nSPS) is 21.6. The van der Waals surface area contributed by atoms with Crippen molar-refractivity contribution < 1.29 is 4.42 Å². The van der Waals surface area contributed by atoms with Crippen molar-refractivity contribution in [2.45, 2.75) is 39.3 Å². The van der Waals surface area contributed by atoms with Gasteiger partial charge in [-0.3, -0.25) is 9.69 Å². The minimum absolute atomic E-state index is 0.109. The summed E-state index contributed by atoms with van der Waals surface area (Å²) in [6, 6.07) is 11.4. The molecular formula is C23H24N2O3. The molecule has 0 saturated carbocycles. The Morgan fingerprint density at radius 2 is 1.93 bits per heavy atom. The van der Waals surface area contributed by atoms with E-state index in [9.17, 15) is 9.59 Å². The highest BCUT2D eigenvalue weighted by atomic mass is 16.4. The molecule has 1 saturated heterocycles. The van der Waals surface area contributed by atoms with Crippen LogP contribution in [0.4, 0.5) is 0 Å². The summed E-state index contributed by atoms with van der Waals surface area (Å²) < 4.78 is 7.48. The highest BCUT2D eigenvalue weighted by Crippen LogP contribution is 2.36. The molecule has 0 N–H and O–H groups in total. The van der Waals surface area contributed by atoms with Gasteiger partial charge in [0.05, 0.1) is 0 Å². The molecule has 0 spiro atoms. The Morgan fingerprint density at radius 1 is 1.07 bits per heavy atom. The average molecular weight is 376 g/mol. The third-order valence-corrected chi connectivity index (χ3v) is 6.47. The first-order valence-electron chi connectivity index (χ1n) is 9.94. The fourth-order valence-electron chi connectivity index (χ4n) is 5.02. The average Bonchev–Trinajstić information content (AvgIpc) is 2.66. The summed E-state index contributed by atoms with van der Waals surface area (Å²) in [6.07, 6.45) is 1.13. The Labute approximate surface area is 163 Å². The van der Waals surface area contributed by atoms with Crippen LogP contribution in [0, 0.1) is 19.8 Å². The summed E-state index contributed by atoms with van der Waals surface area (Å²) in [5.41, 5.74) is 4.86. The molecule has 1 aromatic carbocycles. The molecule has 144 valence electrons. The Morgan fingerprint density at radius 3 is 2.79 bits per heavy atom. The minimum Gasteiger partial charge on any atom is -0.422 e. The van der Waals surface area contributed by atoms with E-state index in [2.05, 4.69) is 23.1 Å². The number of likely N-dealkylation sites (tertiary alicyclic amines) is 1. The van der Waals surface area contributed by atoms with Gasteiger partial charge in [-0.1, -0.05) is 18.2 Å². The Balaban J connectivity index is 1.49. The Bertz CT molecular complexity index is 1190. The van der Waals surface area contributed by atoms with Gasteiger partial charge in [0, 0.05) is 55.3 Å². The van der Waals surface area contributed by atoms with Crippen LogP contribution in [0.3, 0.4) is 0 Å². The van der Waals surface area contributed by atoms with Crippen molar-refractivity contribution in [3.05, 3.63) is 79.6 Å². The van der Waals surface area contributed by atoms with E-state index in [1.807, 2.05) is 24.5 Å². The van der Waals surface area contributed by atoms with Crippen LogP contribution in [-0.2, 0) is 13.1 Å². The maximum atomic E-state index is 12.2. The third kappa shape index (κ3) is 2.81. The molecule has 28 heavy (non-hydrogen) atoms. The molecule has 0 radical (unpaired) electrons. The lowest BCUT2D eigenvalue weighted by atomic mass is 9.83. The number of aryl methyl sites for hydroxylation is 2. The number of benzene rings is 1. The lowest BCUT2D eigenvalue weighted by Gasteiger charge is -2.42. The van der Waals surface area contributed by atoms with Crippen molar-refractivity contribution in [2.24, 2.45) is 5.92 Å². The van der Waals surface area contributed by atoms with Gasteiger partial charge in [-0.25, -0.2) is 4.79 Å². The van der Waals surface area contributed by atoms with Crippen LogP contribution in [0.25, 0.3) is 11.0 Å². The molecule has 3 aromatic rings. The van der Waals surface area contributed by atoms with Crippen LogP contribution in [-0.4, -0.2) is 22.6 Å². The lowest BCUT2D eigenvalue weighted by molar-refractivity contribution is 0.114. The number of hydrogen-bond acceptors (Lipinski definition) is 4. The number of fused-ring (bicyclic) bond motifs is 5. The standard InChI is InChI=1S/C23H24N2O3/c1-14-6-7-19-17(9-22(27)28-23(19)15(14)2)12-24-10-16-8-18(13-24)20-4-3-5-21(26)25(20)11-16/h3-7,9,16,18H,8,10-13H2,1-2H3/t16-,18+/m1/s1. The second kappa shape index (κ2) is 6.45. The van der Waals surface area contributed by atoms with Gasteiger partial charge in [0.2, 0.25) is 0 Å². The minimum atomic E-state index is -0.287. The summed E-state index contributed by atoms with van der Waals surface area (Å²) in [5, 5.41) is 1.02. The van der Waals surface area contributed by atoms with E-state index in [-0.39, 0.29) is 11.2 Å². The van der Waals surface area contributed by atoms with E-state index in [0.29, 0.717) is 17.4 Å². The highest BCUT2D eigenvalue weighted by Gasteiger charge is 2.34. The lowest BCUT2D eigenvalue weighted by Crippen LogP contribution is -2.46. The predicted octanol–water partition coefficient (Wildman–Crippen LogP) is 3.19. The Hall–Kier alpha value is -2.66. The van der Waals surface area contributed by atoms with Crippen molar-refractivity contribution in [2.75, 3.05) is 13.1 Å². The zero-order valence-corrected chi connectivity index (χ0v) is 16.3. The topological polar surface area (TPSA) is 55.5 Å². The van der Waals surface area contributed by atoms with Crippen molar-refractivity contribution in [1.29, 1.82) is 0 Å². The van der Waals surface area contributed by atoms with Crippen LogP contribution in [0.5, 0.6) is 0 Å². The van der Waals surface area contributed by atoms with Gasteiger partial charge in [0.1, 0.15) is 5.58 Å². The van der Waals surface area contributed by atoms with E-state index in [1.54, 1.807) is 12.1 Å². The van der Waals surface area contributed by atoms with E-state index >= 15 is 0 Å². The first-order chi connectivity index (χ1) is 13.5. The first-order valence-corrected chi connectivity index (χ1v) is 9.94. The number of piperidine rings is 1. The molecule has 2 aliphatic heterocycles. The van der Waals surface area contributed by atoms with Gasteiger partial charge >= 0.3 is 5.63 Å². The summed E-state index contributed by atoms with van der Waals surface area (Å²) in [4.78, 5) is 26.8. The second-order valence-electron chi connectivity index (χ2n) is 8.37. The smallest absolute Gasteiger partial charge is 0.336 e. The molecule has 5 nitrogen and oxygen atoms in total. The van der Waals surface area contributed by atoms with Crippen LogP contribution in [0.15, 0.2) is 50.4 Å². The maximum absolute atomic E-state index is 12.2. The first kappa shape index (κ1) is 17.4. The van der Waals surface area contributed by atoms with E-state index in [4.69, 9.17) is 4.42 Å². The number of hydrogen-bond donors (Lipinski definition) is 0. The molecule has 5 rings (SSSR count). The van der Waals surface area contributed by atoms with E-state index in [1.165, 1.54) is 0 Å². The van der Waals surface area contributed by atoms with Crippen LogP contribution in [0.2, 0.25) is 0 Å². The van der Waals surface area contributed by atoms with Gasteiger partial charge in [0.15, 0.2) is 0 Å². The highest BCUT2D eigenvalue weighted by molar-refractivity contribution is 5.83. The van der Waals surface area contributed by atoms with Crippen LogP contribution >= 0.6 is 0 Å². The predicted molar refractivity (Wildman–Crippen MR) is 109 cm³/mol. The van der Waals surface area contributed by atoms with Crippen LogP contribution in [0.1, 0.15) is 34.7 Å². The summed E-state index contributed by atoms with van der Waals surface area (Å²) >= 11 is 0. The van der Waals surface area contributed by atoms with Crippen molar-refractivity contribution >= 4 is 11.0 Å². The SMILES string of the molecule is Cc1ccc2c(CN3C[C@H]4C[C@@H](C3)c3cccc(=O)n3C4)cc(=O)oc2c1C.